The maximum Gasteiger partial charge on any atom is 0.356 e. The maximum atomic E-state index is 11.4. The highest BCUT2D eigenvalue weighted by atomic mass is 16.6. The second kappa shape index (κ2) is 6.00. The van der Waals surface area contributed by atoms with Crippen LogP contribution in [0.5, 0.6) is 0 Å². The lowest BCUT2D eigenvalue weighted by atomic mass is 10.2. The average molecular weight is 287 g/mol. The van der Waals surface area contributed by atoms with Crippen LogP contribution in [0.2, 0.25) is 0 Å². The largest absolute Gasteiger partial charge is 0.464 e. The van der Waals surface area contributed by atoms with Gasteiger partial charge in [0.15, 0.2) is 0 Å². The molecule has 0 aliphatic heterocycles. The molecule has 7 nitrogen and oxygen atoms in total. The molecular formula is C14H13N3O4. The van der Waals surface area contributed by atoms with Crippen molar-refractivity contribution >= 4 is 23.0 Å². The zero-order valence-corrected chi connectivity index (χ0v) is 11.5. The Morgan fingerprint density at radius 3 is 2.67 bits per heavy atom. The third-order valence-electron chi connectivity index (χ3n) is 2.88. The van der Waals surface area contributed by atoms with Crippen LogP contribution in [0, 0.1) is 17.0 Å². The highest BCUT2D eigenvalue weighted by molar-refractivity contribution is 5.88. The first-order valence-electron chi connectivity index (χ1n) is 6.08. The first-order valence-corrected chi connectivity index (χ1v) is 6.08. The Labute approximate surface area is 120 Å². The summed E-state index contributed by atoms with van der Waals surface area (Å²) >= 11 is 0. The summed E-state index contributed by atoms with van der Waals surface area (Å²) in [5, 5.41) is 13.9. The van der Waals surface area contributed by atoms with Gasteiger partial charge in [0, 0.05) is 6.07 Å². The number of methoxy groups -OCH3 is 1. The van der Waals surface area contributed by atoms with Gasteiger partial charge in [0.1, 0.15) is 11.4 Å². The predicted molar refractivity (Wildman–Crippen MR) is 76.7 cm³/mol. The van der Waals surface area contributed by atoms with Crippen LogP contribution < -0.4 is 5.32 Å². The fourth-order valence-electron chi connectivity index (χ4n) is 1.79. The highest BCUT2D eigenvalue weighted by Crippen LogP contribution is 2.28. The Balaban J connectivity index is 2.33. The Morgan fingerprint density at radius 1 is 1.33 bits per heavy atom. The van der Waals surface area contributed by atoms with Gasteiger partial charge >= 0.3 is 5.97 Å². The van der Waals surface area contributed by atoms with Gasteiger partial charge in [-0.2, -0.15) is 0 Å². The van der Waals surface area contributed by atoms with E-state index in [0.717, 1.165) is 5.56 Å². The van der Waals surface area contributed by atoms with E-state index in [4.69, 9.17) is 0 Å². The van der Waals surface area contributed by atoms with Crippen molar-refractivity contribution in [3.05, 3.63) is 57.9 Å². The molecule has 0 spiro atoms. The Bertz CT molecular complexity index is 700. The molecule has 7 heteroatoms. The van der Waals surface area contributed by atoms with E-state index >= 15 is 0 Å². The summed E-state index contributed by atoms with van der Waals surface area (Å²) in [5.41, 5.74) is 1.82. The van der Waals surface area contributed by atoms with Crippen molar-refractivity contribution < 1.29 is 14.5 Å². The lowest BCUT2D eigenvalue weighted by molar-refractivity contribution is -0.383. The minimum absolute atomic E-state index is 0.0334. The summed E-state index contributed by atoms with van der Waals surface area (Å²) in [6.45, 7) is 1.77. The third kappa shape index (κ3) is 3.14. The second-order valence-electron chi connectivity index (χ2n) is 4.28. The number of esters is 1. The quantitative estimate of drug-likeness (QED) is 0.528. The number of carbonyl (C=O) groups is 1. The van der Waals surface area contributed by atoms with Gasteiger partial charge < -0.3 is 10.1 Å². The molecule has 0 saturated heterocycles. The van der Waals surface area contributed by atoms with E-state index in [2.05, 4.69) is 15.0 Å². The van der Waals surface area contributed by atoms with Crippen LogP contribution in [0.4, 0.5) is 17.1 Å². The Kier molecular flexibility index (Phi) is 4.13. The number of nitrogens with zero attached hydrogens (tertiary/aromatic N) is 2. The van der Waals surface area contributed by atoms with Crippen molar-refractivity contribution in [1.82, 2.24) is 4.98 Å². The molecular weight excluding hydrogens is 274 g/mol. The summed E-state index contributed by atoms with van der Waals surface area (Å²) in [4.78, 5) is 25.9. The van der Waals surface area contributed by atoms with Crippen LogP contribution in [-0.4, -0.2) is 23.0 Å². The molecule has 0 radical (unpaired) electrons. The minimum atomic E-state index is -0.532. The number of carbonyl (C=O) groups excluding carboxylic acids is 1. The van der Waals surface area contributed by atoms with Crippen LogP contribution in [0.1, 0.15) is 16.1 Å². The fraction of sp³-hybridized carbons (Fsp3) is 0.143. The highest BCUT2D eigenvalue weighted by Gasteiger charge is 2.14. The van der Waals surface area contributed by atoms with Crippen molar-refractivity contribution in [1.29, 1.82) is 0 Å². The molecule has 0 bridgehead atoms. The molecule has 21 heavy (non-hydrogen) atoms. The molecule has 0 atom stereocenters. The number of nitrogens with one attached hydrogen (secondary N) is 1. The smallest absolute Gasteiger partial charge is 0.356 e. The number of nitro benzene ring substituents is 1. The number of hydrogen-bond donors (Lipinski definition) is 1. The van der Waals surface area contributed by atoms with Crippen LogP contribution in [-0.2, 0) is 4.74 Å². The number of anilines is 2. The molecule has 0 aliphatic rings. The lowest BCUT2D eigenvalue weighted by Gasteiger charge is -2.10. The van der Waals surface area contributed by atoms with Crippen LogP contribution in [0.25, 0.3) is 0 Å². The zero-order valence-electron chi connectivity index (χ0n) is 11.5. The number of aryl methyl sites for hydroxylation is 1. The Hall–Kier alpha value is -2.96. The number of para-hydroxylation sites is 2. The minimum Gasteiger partial charge on any atom is -0.464 e. The molecule has 2 rings (SSSR count). The van der Waals surface area contributed by atoms with E-state index in [-0.39, 0.29) is 11.4 Å². The van der Waals surface area contributed by atoms with Crippen molar-refractivity contribution in [2.45, 2.75) is 6.92 Å². The van der Waals surface area contributed by atoms with Gasteiger partial charge in [-0.15, -0.1) is 0 Å². The van der Waals surface area contributed by atoms with E-state index in [1.54, 1.807) is 31.2 Å². The van der Waals surface area contributed by atoms with E-state index in [1.807, 2.05) is 0 Å². The first kappa shape index (κ1) is 14.4. The van der Waals surface area contributed by atoms with Crippen molar-refractivity contribution in [2.75, 3.05) is 12.4 Å². The summed E-state index contributed by atoms with van der Waals surface area (Å²) < 4.78 is 4.59. The number of benzene rings is 1. The van der Waals surface area contributed by atoms with Crippen LogP contribution >= 0.6 is 0 Å². The predicted octanol–water partition coefficient (Wildman–Crippen LogP) is 2.83. The summed E-state index contributed by atoms with van der Waals surface area (Å²) in [5.74, 6) is -0.532. The fourth-order valence-corrected chi connectivity index (χ4v) is 1.79. The molecule has 0 unspecified atom stereocenters. The number of pyridine rings is 1. The van der Waals surface area contributed by atoms with Crippen LogP contribution in [0.3, 0.4) is 0 Å². The number of aromatic nitrogens is 1. The van der Waals surface area contributed by atoms with Crippen LogP contribution in [0.15, 0.2) is 36.5 Å². The molecule has 1 N–H and O–H groups in total. The molecule has 108 valence electrons. The molecule has 1 heterocycles. The van der Waals surface area contributed by atoms with Crippen molar-refractivity contribution in [3.63, 3.8) is 0 Å². The second-order valence-corrected chi connectivity index (χ2v) is 4.28. The molecule has 1 aromatic carbocycles. The molecule has 1 aromatic heterocycles. The molecule has 0 amide bonds. The standard InChI is InChI=1S/C14H13N3O4/c1-9-7-11(14(18)21-2)15-8-12(9)16-10-5-3-4-6-13(10)17(19)20/h3-8,16H,1-2H3. The van der Waals surface area contributed by atoms with Gasteiger partial charge in [-0.3, -0.25) is 10.1 Å². The van der Waals surface area contributed by atoms with E-state index in [1.165, 1.54) is 19.4 Å². The first-order chi connectivity index (χ1) is 10.0. The number of rotatable bonds is 4. The van der Waals surface area contributed by atoms with Crippen molar-refractivity contribution in [3.8, 4) is 0 Å². The maximum absolute atomic E-state index is 11.4. The van der Waals surface area contributed by atoms with Gasteiger partial charge in [-0.25, -0.2) is 9.78 Å². The van der Waals surface area contributed by atoms with Gasteiger partial charge in [-0.1, -0.05) is 12.1 Å². The number of ether oxygens (including phenoxy) is 1. The SMILES string of the molecule is COC(=O)c1cc(C)c(Nc2ccccc2[N+](=O)[O-])cn1. The number of nitro groups is 1. The summed E-state index contributed by atoms with van der Waals surface area (Å²) in [6.07, 6.45) is 1.44. The van der Waals surface area contributed by atoms with E-state index in [0.29, 0.717) is 11.4 Å². The summed E-state index contributed by atoms with van der Waals surface area (Å²) in [6, 6.07) is 7.86. The zero-order chi connectivity index (χ0) is 15.4. The Morgan fingerprint density at radius 2 is 2.05 bits per heavy atom. The van der Waals surface area contributed by atoms with E-state index < -0.39 is 10.9 Å². The average Bonchev–Trinajstić information content (AvgIpc) is 2.48. The molecule has 0 fully saturated rings. The summed E-state index contributed by atoms with van der Waals surface area (Å²) in [7, 11) is 1.28. The topological polar surface area (TPSA) is 94.4 Å². The third-order valence-corrected chi connectivity index (χ3v) is 2.88. The van der Waals surface area contributed by atoms with Gasteiger partial charge in [0.25, 0.3) is 5.69 Å². The molecule has 0 saturated carbocycles. The molecule has 0 aliphatic carbocycles. The van der Waals surface area contributed by atoms with Gasteiger partial charge in [-0.05, 0) is 24.6 Å². The van der Waals surface area contributed by atoms with E-state index in [9.17, 15) is 14.9 Å². The van der Waals surface area contributed by atoms with Gasteiger partial charge in [0.05, 0.1) is 23.9 Å². The van der Waals surface area contributed by atoms with Gasteiger partial charge in [0.2, 0.25) is 0 Å². The lowest BCUT2D eigenvalue weighted by Crippen LogP contribution is -2.06. The normalized spacial score (nSPS) is 10.0. The monoisotopic (exact) mass is 287 g/mol. The van der Waals surface area contributed by atoms with Crippen molar-refractivity contribution in [2.24, 2.45) is 0 Å². The molecule has 2 aromatic rings. The number of hydrogen-bond acceptors (Lipinski definition) is 6.